The van der Waals surface area contributed by atoms with Gasteiger partial charge in [0.1, 0.15) is 6.04 Å². The highest BCUT2D eigenvalue weighted by molar-refractivity contribution is 5.95. The normalized spacial score (nSPS) is 24.2. The third kappa shape index (κ3) is 4.11. The molecule has 2 amide bonds. The van der Waals surface area contributed by atoms with E-state index in [1.165, 1.54) is 12.7 Å². The molecule has 3 rings (SSSR count). The summed E-state index contributed by atoms with van der Waals surface area (Å²) in [5, 5.41) is 6.41. The topological polar surface area (TPSA) is 74.6 Å². The van der Waals surface area contributed by atoms with Gasteiger partial charge in [0.2, 0.25) is 5.91 Å². The molecule has 2 saturated heterocycles. The van der Waals surface area contributed by atoms with Gasteiger partial charge in [-0.25, -0.2) is 0 Å². The Hall–Kier alpha value is -1.53. The molecule has 2 aliphatic rings. The zero-order valence-electron chi connectivity index (χ0n) is 14.2. The first-order valence-corrected chi connectivity index (χ1v) is 8.44. The lowest BCUT2D eigenvalue weighted by atomic mass is 10.0. The van der Waals surface area contributed by atoms with Crippen molar-refractivity contribution in [3.05, 3.63) is 24.2 Å². The molecule has 2 bridgehead atoms. The maximum absolute atomic E-state index is 12.9. The minimum absolute atomic E-state index is 0. The van der Waals surface area contributed by atoms with Gasteiger partial charge in [-0.2, -0.15) is 0 Å². The third-order valence-corrected chi connectivity index (χ3v) is 4.80. The predicted molar refractivity (Wildman–Crippen MR) is 93.2 cm³/mol. The fourth-order valence-corrected chi connectivity index (χ4v) is 3.47. The van der Waals surface area contributed by atoms with Gasteiger partial charge in [0, 0.05) is 25.2 Å². The number of nitrogens with zero attached hydrogens (tertiary/aromatic N) is 1. The van der Waals surface area contributed by atoms with Crippen LogP contribution in [0.15, 0.2) is 22.8 Å². The van der Waals surface area contributed by atoms with Gasteiger partial charge in [-0.3, -0.25) is 9.59 Å². The molecule has 7 heteroatoms. The summed E-state index contributed by atoms with van der Waals surface area (Å²) in [6.45, 7) is 5.39. The Bertz CT molecular complexity index is 561. The lowest BCUT2D eigenvalue weighted by Gasteiger charge is -2.30. The van der Waals surface area contributed by atoms with Crippen molar-refractivity contribution in [1.82, 2.24) is 15.5 Å². The summed E-state index contributed by atoms with van der Waals surface area (Å²) in [6.07, 6.45) is 4.77. The summed E-state index contributed by atoms with van der Waals surface area (Å²) < 4.78 is 5.11. The number of fused-ring (bicyclic) bond motifs is 2. The van der Waals surface area contributed by atoms with Crippen LogP contribution >= 0.6 is 12.4 Å². The lowest BCUT2D eigenvalue weighted by Crippen LogP contribution is -2.52. The number of hydrogen-bond donors (Lipinski definition) is 2. The van der Waals surface area contributed by atoms with Crippen molar-refractivity contribution in [2.24, 2.45) is 5.92 Å². The number of rotatable bonds is 4. The summed E-state index contributed by atoms with van der Waals surface area (Å²) >= 11 is 0. The van der Waals surface area contributed by atoms with Crippen LogP contribution in [0.1, 0.15) is 43.7 Å². The van der Waals surface area contributed by atoms with E-state index in [1.807, 2.05) is 18.7 Å². The Morgan fingerprint density at radius 1 is 1.29 bits per heavy atom. The van der Waals surface area contributed by atoms with Crippen LogP contribution in [0.4, 0.5) is 0 Å². The number of amides is 2. The van der Waals surface area contributed by atoms with Crippen LogP contribution in [-0.4, -0.2) is 47.9 Å². The highest BCUT2D eigenvalue weighted by Gasteiger charge is 2.35. The molecular formula is C17H26ClN3O3. The van der Waals surface area contributed by atoms with Crippen molar-refractivity contribution in [1.29, 1.82) is 0 Å². The second-order valence-corrected chi connectivity index (χ2v) is 6.88. The van der Waals surface area contributed by atoms with Crippen molar-refractivity contribution >= 4 is 24.2 Å². The van der Waals surface area contributed by atoms with Gasteiger partial charge >= 0.3 is 0 Å². The molecule has 3 atom stereocenters. The van der Waals surface area contributed by atoms with E-state index in [-0.39, 0.29) is 35.9 Å². The molecule has 1 aromatic heterocycles. The molecule has 0 aliphatic carbocycles. The summed E-state index contributed by atoms with van der Waals surface area (Å²) in [7, 11) is 0. The molecule has 3 heterocycles. The third-order valence-electron chi connectivity index (χ3n) is 4.80. The Morgan fingerprint density at radius 2 is 2.04 bits per heavy atom. The maximum atomic E-state index is 12.9. The van der Waals surface area contributed by atoms with E-state index in [0.29, 0.717) is 12.1 Å². The van der Waals surface area contributed by atoms with Gasteiger partial charge in [0.25, 0.3) is 5.91 Å². The molecule has 0 aromatic carbocycles. The molecule has 1 aromatic rings. The average molecular weight is 356 g/mol. The summed E-state index contributed by atoms with van der Waals surface area (Å²) in [5.74, 6) is -0.0689. The molecule has 0 spiro atoms. The highest BCUT2D eigenvalue weighted by Crippen LogP contribution is 2.21. The average Bonchev–Trinajstić information content (AvgIpc) is 3.13. The molecule has 0 radical (unpaired) electrons. The smallest absolute Gasteiger partial charge is 0.287 e. The highest BCUT2D eigenvalue weighted by atomic mass is 35.5. The van der Waals surface area contributed by atoms with Crippen molar-refractivity contribution in [3.8, 4) is 0 Å². The van der Waals surface area contributed by atoms with Crippen molar-refractivity contribution < 1.29 is 14.0 Å². The number of carbonyl (C=O) groups is 2. The first-order chi connectivity index (χ1) is 11.0. The molecule has 2 N–H and O–H groups in total. The van der Waals surface area contributed by atoms with E-state index in [9.17, 15) is 9.59 Å². The maximum Gasteiger partial charge on any atom is 0.287 e. The second kappa shape index (κ2) is 8.03. The zero-order valence-corrected chi connectivity index (χ0v) is 15.0. The number of carbonyl (C=O) groups excluding carboxylic acids is 2. The molecule has 3 unspecified atom stereocenters. The van der Waals surface area contributed by atoms with Crippen molar-refractivity contribution in [3.63, 3.8) is 0 Å². The standard InChI is InChI=1S/C17H25N3O3.ClH/c1-11(2)15(19-16(21)14-4-3-9-23-14)17(22)20-8-7-12-5-6-13(10-20)18-12;/h3-4,9,11-13,15,18H,5-8,10H2,1-2H3,(H,19,21);1H. The first-order valence-electron chi connectivity index (χ1n) is 8.44. The van der Waals surface area contributed by atoms with Gasteiger partial charge in [0.05, 0.1) is 6.26 Å². The van der Waals surface area contributed by atoms with E-state index in [0.717, 1.165) is 25.9 Å². The van der Waals surface area contributed by atoms with Crippen LogP contribution in [0.2, 0.25) is 0 Å². The largest absolute Gasteiger partial charge is 0.459 e. The predicted octanol–water partition coefficient (Wildman–Crippen LogP) is 1.81. The minimum Gasteiger partial charge on any atom is -0.459 e. The van der Waals surface area contributed by atoms with Crippen LogP contribution in [0.3, 0.4) is 0 Å². The number of hydrogen-bond acceptors (Lipinski definition) is 4. The number of halogens is 1. The zero-order chi connectivity index (χ0) is 16.4. The van der Waals surface area contributed by atoms with E-state index >= 15 is 0 Å². The number of likely N-dealkylation sites (tertiary alicyclic amines) is 1. The monoisotopic (exact) mass is 355 g/mol. The molecule has 2 fully saturated rings. The summed E-state index contributed by atoms with van der Waals surface area (Å²) in [6, 6.07) is 3.67. The van der Waals surface area contributed by atoms with Crippen LogP contribution in [0.25, 0.3) is 0 Å². The molecule has 2 aliphatic heterocycles. The van der Waals surface area contributed by atoms with Gasteiger partial charge in [0.15, 0.2) is 5.76 Å². The minimum atomic E-state index is -0.524. The molecule has 6 nitrogen and oxygen atoms in total. The van der Waals surface area contributed by atoms with Crippen LogP contribution < -0.4 is 10.6 Å². The molecule has 0 saturated carbocycles. The Kier molecular flexibility index (Phi) is 6.29. The van der Waals surface area contributed by atoms with Gasteiger partial charge in [-0.05, 0) is 37.3 Å². The van der Waals surface area contributed by atoms with Gasteiger partial charge in [-0.1, -0.05) is 13.8 Å². The van der Waals surface area contributed by atoms with E-state index in [4.69, 9.17) is 4.42 Å². The van der Waals surface area contributed by atoms with Crippen LogP contribution in [0, 0.1) is 5.92 Å². The van der Waals surface area contributed by atoms with Crippen LogP contribution in [0.5, 0.6) is 0 Å². The van der Waals surface area contributed by atoms with Crippen molar-refractivity contribution in [2.75, 3.05) is 13.1 Å². The van der Waals surface area contributed by atoms with E-state index < -0.39 is 6.04 Å². The van der Waals surface area contributed by atoms with Gasteiger partial charge < -0.3 is 20.0 Å². The first kappa shape index (κ1) is 18.8. The Balaban J connectivity index is 0.00000208. The Labute approximate surface area is 148 Å². The fourth-order valence-electron chi connectivity index (χ4n) is 3.47. The number of furan rings is 1. The molecule has 134 valence electrons. The number of nitrogens with one attached hydrogen (secondary N) is 2. The van der Waals surface area contributed by atoms with E-state index in [2.05, 4.69) is 10.6 Å². The van der Waals surface area contributed by atoms with Gasteiger partial charge in [-0.15, -0.1) is 12.4 Å². The van der Waals surface area contributed by atoms with E-state index in [1.54, 1.807) is 12.1 Å². The van der Waals surface area contributed by atoms with Crippen molar-refractivity contribution in [2.45, 2.75) is 51.2 Å². The Morgan fingerprint density at radius 3 is 2.71 bits per heavy atom. The summed E-state index contributed by atoms with van der Waals surface area (Å²) in [5.41, 5.74) is 0. The fraction of sp³-hybridized carbons (Fsp3) is 0.647. The SMILES string of the molecule is CC(C)C(NC(=O)c1ccco1)C(=O)N1CCC2CCC(C1)N2.Cl. The second-order valence-electron chi connectivity index (χ2n) is 6.88. The quantitative estimate of drug-likeness (QED) is 0.863. The molecular weight excluding hydrogens is 330 g/mol. The molecule has 24 heavy (non-hydrogen) atoms. The lowest BCUT2D eigenvalue weighted by molar-refractivity contribution is -0.134. The summed E-state index contributed by atoms with van der Waals surface area (Å²) in [4.78, 5) is 27.0. The van der Waals surface area contributed by atoms with Crippen LogP contribution in [-0.2, 0) is 4.79 Å².